The van der Waals surface area contributed by atoms with Crippen LogP contribution in [0.1, 0.15) is 18.9 Å². The zero-order chi connectivity index (χ0) is 19.5. The second kappa shape index (κ2) is 13.1. The van der Waals surface area contributed by atoms with Gasteiger partial charge in [0.25, 0.3) is 0 Å². The van der Waals surface area contributed by atoms with Gasteiger partial charge in [-0.25, -0.2) is 0 Å². The molecule has 2 rings (SSSR count). The van der Waals surface area contributed by atoms with Gasteiger partial charge in [0.15, 0.2) is 17.5 Å². The maximum Gasteiger partial charge on any atom is 0.203 e. The van der Waals surface area contributed by atoms with Crippen LogP contribution in [0.15, 0.2) is 35.6 Å². The van der Waals surface area contributed by atoms with Gasteiger partial charge in [-0.15, -0.1) is 24.0 Å². The largest absolute Gasteiger partial charge is 0.493 e. The molecule has 2 aromatic rings. The van der Waals surface area contributed by atoms with Crippen molar-refractivity contribution in [3.8, 4) is 17.2 Å². The van der Waals surface area contributed by atoms with Crippen molar-refractivity contribution in [1.29, 1.82) is 0 Å². The Morgan fingerprint density at radius 1 is 1.18 bits per heavy atom. The van der Waals surface area contributed by atoms with E-state index in [-0.39, 0.29) is 24.0 Å². The number of benzene rings is 1. The van der Waals surface area contributed by atoms with Crippen molar-refractivity contribution in [2.45, 2.75) is 26.4 Å². The second-order valence-electron chi connectivity index (χ2n) is 5.74. The van der Waals surface area contributed by atoms with E-state index in [2.05, 4.69) is 20.7 Å². The van der Waals surface area contributed by atoms with Gasteiger partial charge >= 0.3 is 0 Å². The molecule has 0 spiro atoms. The van der Waals surface area contributed by atoms with E-state index in [0.29, 0.717) is 30.4 Å². The Labute approximate surface area is 183 Å². The number of nitrogens with one attached hydrogen (secondary N) is 2. The van der Waals surface area contributed by atoms with Crippen molar-refractivity contribution in [2.24, 2.45) is 4.99 Å². The molecule has 1 heterocycles. The summed E-state index contributed by atoms with van der Waals surface area (Å²) in [5.41, 5.74) is 1.01. The first kappa shape index (κ1) is 23.9. The molecule has 8 nitrogen and oxygen atoms in total. The van der Waals surface area contributed by atoms with Gasteiger partial charge in [-0.05, 0) is 37.1 Å². The van der Waals surface area contributed by atoms with Crippen molar-refractivity contribution in [3.05, 3.63) is 36.2 Å². The minimum Gasteiger partial charge on any atom is -0.493 e. The summed E-state index contributed by atoms with van der Waals surface area (Å²) >= 11 is 0. The average Bonchev–Trinajstić information content (AvgIpc) is 3.21. The highest BCUT2D eigenvalue weighted by Crippen LogP contribution is 2.38. The van der Waals surface area contributed by atoms with E-state index in [1.165, 1.54) is 0 Å². The standard InChI is InChI=1S/C19H29N5O3.HI/c1-5-27-18-16(25-3)12-15(13-17(18)26-4)14-22-19(20-2)21-8-6-10-24-11-7-9-23-24;/h7,9,11-13H,5-6,8,10,14H2,1-4H3,(H2,20,21,22);1H. The summed E-state index contributed by atoms with van der Waals surface area (Å²) in [5, 5.41) is 10.8. The molecular formula is C19H30IN5O3. The lowest BCUT2D eigenvalue weighted by Gasteiger charge is -2.16. The molecule has 0 unspecified atom stereocenters. The molecule has 28 heavy (non-hydrogen) atoms. The van der Waals surface area contributed by atoms with E-state index in [1.807, 2.05) is 36.0 Å². The summed E-state index contributed by atoms with van der Waals surface area (Å²) in [6.07, 6.45) is 4.69. The highest BCUT2D eigenvalue weighted by molar-refractivity contribution is 14.0. The Morgan fingerprint density at radius 3 is 2.43 bits per heavy atom. The number of hydrogen-bond donors (Lipinski definition) is 2. The van der Waals surface area contributed by atoms with Crippen LogP contribution in [-0.4, -0.2) is 50.2 Å². The molecule has 0 saturated heterocycles. The predicted octanol–water partition coefficient (Wildman–Crippen LogP) is 2.67. The van der Waals surface area contributed by atoms with E-state index in [4.69, 9.17) is 14.2 Å². The molecule has 0 fully saturated rings. The van der Waals surface area contributed by atoms with Gasteiger partial charge in [-0.2, -0.15) is 5.10 Å². The van der Waals surface area contributed by atoms with Crippen molar-refractivity contribution < 1.29 is 14.2 Å². The number of ether oxygens (including phenoxy) is 3. The molecule has 0 amide bonds. The molecule has 0 bridgehead atoms. The van der Waals surface area contributed by atoms with Crippen LogP contribution in [0.5, 0.6) is 17.2 Å². The first-order valence-electron chi connectivity index (χ1n) is 9.01. The molecule has 0 aliphatic heterocycles. The SMILES string of the molecule is CCOc1c(OC)cc(CNC(=NC)NCCCn2cccn2)cc1OC.I. The molecule has 156 valence electrons. The van der Waals surface area contributed by atoms with Gasteiger partial charge < -0.3 is 24.8 Å². The van der Waals surface area contributed by atoms with Gasteiger partial charge in [0, 0.05) is 39.1 Å². The lowest BCUT2D eigenvalue weighted by molar-refractivity contribution is 0.288. The minimum absolute atomic E-state index is 0. The van der Waals surface area contributed by atoms with E-state index in [0.717, 1.165) is 31.0 Å². The van der Waals surface area contributed by atoms with E-state index in [9.17, 15) is 0 Å². The number of nitrogens with zero attached hydrogens (tertiary/aromatic N) is 3. The van der Waals surface area contributed by atoms with Crippen molar-refractivity contribution in [1.82, 2.24) is 20.4 Å². The Morgan fingerprint density at radius 2 is 1.89 bits per heavy atom. The third-order valence-electron chi connectivity index (χ3n) is 3.91. The Kier molecular flexibility index (Phi) is 11.2. The van der Waals surface area contributed by atoms with Crippen molar-refractivity contribution in [2.75, 3.05) is 34.4 Å². The van der Waals surface area contributed by atoms with Crippen LogP contribution < -0.4 is 24.8 Å². The number of aryl methyl sites for hydroxylation is 1. The maximum absolute atomic E-state index is 5.63. The molecule has 0 aliphatic carbocycles. The fraction of sp³-hybridized carbons (Fsp3) is 0.474. The number of rotatable bonds is 10. The van der Waals surface area contributed by atoms with Gasteiger partial charge in [0.1, 0.15) is 0 Å². The number of hydrogen-bond acceptors (Lipinski definition) is 5. The van der Waals surface area contributed by atoms with Crippen LogP contribution in [-0.2, 0) is 13.1 Å². The third kappa shape index (κ3) is 7.10. The fourth-order valence-corrected chi connectivity index (χ4v) is 2.61. The number of methoxy groups -OCH3 is 2. The number of aromatic nitrogens is 2. The highest BCUT2D eigenvalue weighted by Gasteiger charge is 2.14. The smallest absolute Gasteiger partial charge is 0.203 e. The predicted molar refractivity (Wildman–Crippen MR) is 121 cm³/mol. The van der Waals surface area contributed by atoms with Crippen LogP contribution in [0.2, 0.25) is 0 Å². The summed E-state index contributed by atoms with van der Waals surface area (Å²) < 4.78 is 18.4. The highest BCUT2D eigenvalue weighted by atomic mass is 127. The molecule has 2 N–H and O–H groups in total. The second-order valence-corrected chi connectivity index (χ2v) is 5.74. The topological polar surface area (TPSA) is 81.9 Å². The van der Waals surface area contributed by atoms with Gasteiger partial charge in [-0.1, -0.05) is 0 Å². The summed E-state index contributed by atoms with van der Waals surface area (Å²) in [5.74, 6) is 2.65. The van der Waals surface area contributed by atoms with Crippen molar-refractivity contribution >= 4 is 29.9 Å². The maximum atomic E-state index is 5.63. The monoisotopic (exact) mass is 503 g/mol. The van der Waals surface area contributed by atoms with Gasteiger partial charge in [0.05, 0.1) is 20.8 Å². The van der Waals surface area contributed by atoms with Crippen molar-refractivity contribution in [3.63, 3.8) is 0 Å². The molecule has 9 heteroatoms. The molecule has 1 aromatic heterocycles. The normalized spacial score (nSPS) is 10.8. The number of guanidine groups is 1. The average molecular weight is 503 g/mol. The molecular weight excluding hydrogens is 473 g/mol. The van der Waals surface area contributed by atoms with Crippen LogP contribution >= 0.6 is 24.0 Å². The molecule has 0 radical (unpaired) electrons. The molecule has 0 atom stereocenters. The summed E-state index contributed by atoms with van der Waals surface area (Å²) in [6.45, 7) is 4.72. The van der Waals surface area contributed by atoms with E-state index < -0.39 is 0 Å². The lowest BCUT2D eigenvalue weighted by atomic mass is 10.2. The Hall–Kier alpha value is -2.17. The van der Waals surface area contributed by atoms with Crippen LogP contribution in [0.4, 0.5) is 0 Å². The van der Waals surface area contributed by atoms with Crippen LogP contribution in [0.3, 0.4) is 0 Å². The first-order valence-corrected chi connectivity index (χ1v) is 9.01. The first-order chi connectivity index (χ1) is 13.2. The van der Waals surface area contributed by atoms with Gasteiger partial charge in [0.2, 0.25) is 5.75 Å². The molecule has 0 aliphatic rings. The quantitative estimate of drug-likeness (QED) is 0.225. The fourth-order valence-electron chi connectivity index (χ4n) is 2.61. The Balaban J connectivity index is 0.00000392. The van der Waals surface area contributed by atoms with Gasteiger partial charge in [-0.3, -0.25) is 9.67 Å². The summed E-state index contributed by atoms with van der Waals surface area (Å²) in [6, 6.07) is 5.80. The lowest BCUT2D eigenvalue weighted by Crippen LogP contribution is -2.37. The summed E-state index contributed by atoms with van der Waals surface area (Å²) in [7, 11) is 4.99. The van der Waals surface area contributed by atoms with E-state index >= 15 is 0 Å². The van der Waals surface area contributed by atoms with Crippen LogP contribution in [0.25, 0.3) is 0 Å². The Bertz CT molecular complexity index is 697. The molecule has 0 saturated carbocycles. The van der Waals surface area contributed by atoms with Crippen LogP contribution in [0, 0.1) is 0 Å². The third-order valence-corrected chi connectivity index (χ3v) is 3.91. The minimum atomic E-state index is 0. The number of aliphatic imine (C=N–C) groups is 1. The van der Waals surface area contributed by atoms with E-state index in [1.54, 1.807) is 27.5 Å². The zero-order valence-electron chi connectivity index (χ0n) is 16.9. The zero-order valence-corrected chi connectivity index (χ0v) is 19.2. The number of halogens is 1. The molecule has 1 aromatic carbocycles. The summed E-state index contributed by atoms with van der Waals surface area (Å²) in [4.78, 5) is 4.25.